The molecule has 0 amide bonds. The number of hydrogen-bond acceptors (Lipinski definition) is 4. The summed E-state index contributed by atoms with van der Waals surface area (Å²) in [7, 11) is -1.19. The Labute approximate surface area is 160 Å². The Bertz CT molecular complexity index is 519. The third kappa shape index (κ3) is 4.49. The van der Waals surface area contributed by atoms with Crippen LogP contribution in [0.1, 0.15) is 52.9 Å². The van der Waals surface area contributed by atoms with E-state index in [1.807, 2.05) is 0 Å². The molecule has 0 aromatic carbocycles. The van der Waals surface area contributed by atoms with Gasteiger partial charge in [-0.2, -0.15) is 0 Å². The molecule has 0 N–H and O–H groups in total. The van der Waals surface area contributed by atoms with Gasteiger partial charge in [0.2, 0.25) is 0 Å². The first-order valence-corrected chi connectivity index (χ1v) is 13.2. The molecule has 1 saturated carbocycles. The summed E-state index contributed by atoms with van der Waals surface area (Å²) in [6.45, 7) is 12.1. The highest BCUT2D eigenvalue weighted by molar-refractivity contribution is 6.48. The standard InChI is InChI=1S/C21H36O4Si/c1-21(2,3)20(25-26(4)5)19-16-11-14(13-22)10-15(16)12-17(19)24-18-8-6-7-9-23-18/h10,13,15-20,26H,6-9,11-12H2,1-5H3/t15-,16-,17+,18?,19-,20?/m0/s1. The number of carbonyl (C=O) groups excluding carboxylic acids is 1. The van der Waals surface area contributed by atoms with E-state index in [-0.39, 0.29) is 23.9 Å². The van der Waals surface area contributed by atoms with E-state index in [9.17, 15) is 4.79 Å². The molecule has 2 unspecified atom stereocenters. The van der Waals surface area contributed by atoms with Crippen LogP contribution in [0.15, 0.2) is 11.6 Å². The number of ether oxygens (including phenoxy) is 2. The van der Waals surface area contributed by atoms with Gasteiger partial charge in [0.25, 0.3) is 0 Å². The highest BCUT2D eigenvalue weighted by Gasteiger charge is 2.52. The van der Waals surface area contributed by atoms with Crippen molar-refractivity contribution in [3.63, 3.8) is 0 Å². The molecule has 148 valence electrons. The largest absolute Gasteiger partial charge is 0.417 e. The SMILES string of the molecule is C[SiH](C)OC([C@H]1[C@H]2CC(C=O)=C[C@H]2C[C@H]1OC1CCCCO1)C(C)(C)C. The van der Waals surface area contributed by atoms with Crippen molar-refractivity contribution in [3.8, 4) is 0 Å². The summed E-state index contributed by atoms with van der Waals surface area (Å²) in [6, 6.07) is 0. The quantitative estimate of drug-likeness (QED) is 0.514. The average Bonchev–Trinajstić information content (AvgIpc) is 3.09. The number of carbonyl (C=O) groups is 1. The van der Waals surface area contributed by atoms with E-state index in [0.29, 0.717) is 17.8 Å². The summed E-state index contributed by atoms with van der Waals surface area (Å²) in [5.41, 5.74) is 1.02. The van der Waals surface area contributed by atoms with Crippen LogP contribution in [-0.4, -0.2) is 40.4 Å². The Morgan fingerprint density at radius 2 is 2.08 bits per heavy atom. The fourth-order valence-electron chi connectivity index (χ4n) is 5.09. The molecule has 3 rings (SSSR count). The van der Waals surface area contributed by atoms with E-state index in [1.165, 1.54) is 6.42 Å². The second-order valence-corrected chi connectivity index (χ2v) is 12.0. The predicted molar refractivity (Wildman–Crippen MR) is 106 cm³/mol. The van der Waals surface area contributed by atoms with Gasteiger partial charge < -0.3 is 13.9 Å². The molecular formula is C21H36O4Si. The van der Waals surface area contributed by atoms with Gasteiger partial charge in [-0.05, 0) is 68.0 Å². The van der Waals surface area contributed by atoms with Gasteiger partial charge in [0.05, 0.1) is 12.2 Å². The summed E-state index contributed by atoms with van der Waals surface area (Å²) in [6.07, 6.45) is 8.67. The van der Waals surface area contributed by atoms with Gasteiger partial charge in [0, 0.05) is 12.5 Å². The van der Waals surface area contributed by atoms with Crippen molar-refractivity contribution in [1.29, 1.82) is 0 Å². The fraction of sp³-hybridized carbons (Fsp3) is 0.857. The van der Waals surface area contributed by atoms with Crippen LogP contribution in [0.2, 0.25) is 13.1 Å². The Morgan fingerprint density at radius 1 is 1.31 bits per heavy atom. The maximum absolute atomic E-state index is 11.3. The third-order valence-corrected chi connectivity index (χ3v) is 6.95. The van der Waals surface area contributed by atoms with Crippen molar-refractivity contribution in [3.05, 3.63) is 11.6 Å². The Balaban J connectivity index is 1.83. The first kappa shape index (κ1) is 20.2. The lowest BCUT2D eigenvalue weighted by atomic mass is 9.75. The first-order chi connectivity index (χ1) is 12.3. The predicted octanol–water partition coefficient (Wildman–Crippen LogP) is 4.09. The Morgan fingerprint density at radius 3 is 2.65 bits per heavy atom. The third-order valence-electron chi connectivity index (χ3n) is 6.12. The molecule has 0 aromatic heterocycles. The molecule has 2 aliphatic carbocycles. The van der Waals surface area contributed by atoms with Crippen LogP contribution in [0, 0.1) is 23.2 Å². The minimum atomic E-state index is -1.19. The molecule has 1 aliphatic heterocycles. The van der Waals surface area contributed by atoms with Crippen molar-refractivity contribution >= 4 is 15.3 Å². The normalized spacial score (nSPS) is 36.1. The van der Waals surface area contributed by atoms with Crippen molar-refractivity contribution in [2.45, 2.75) is 84.5 Å². The summed E-state index contributed by atoms with van der Waals surface area (Å²) < 4.78 is 19.0. The molecule has 0 bridgehead atoms. The molecular weight excluding hydrogens is 344 g/mol. The molecule has 0 spiro atoms. The zero-order valence-corrected chi connectivity index (χ0v) is 18.2. The summed E-state index contributed by atoms with van der Waals surface area (Å²) in [5.74, 6) is 1.23. The van der Waals surface area contributed by atoms with Crippen LogP contribution in [0.4, 0.5) is 0 Å². The van der Waals surface area contributed by atoms with Crippen LogP contribution < -0.4 is 0 Å². The second-order valence-electron chi connectivity index (χ2n) is 9.65. The highest BCUT2D eigenvalue weighted by atomic mass is 28.3. The number of fused-ring (bicyclic) bond motifs is 1. The molecule has 26 heavy (non-hydrogen) atoms. The first-order valence-electron chi connectivity index (χ1n) is 10.4. The molecule has 3 aliphatic rings. The lowest BCUT2D eigenvalue weighted by Crippen LogP contribution is -2.46. The molecule has 5 heteroatoms. The van der Waals surface area contributed by atoms with Crippen molar-refractivity contribution in [2.24, 2.45) is 23.2 Å². The monoisotopic (exact) mass is 380 g/mol. The second kappa shape index (κ2) is 8.25. The van der Waals surface area contributed by atoms with Crippen LogP contribution >= 0.6 is 0 Å². The minimum absolute atomic E-state index is 0.0514. The zero-order chi connectivity index (χ0) is 18.9. The van der Waals surface area contributed by atoms with Crippen molar-refractivity contribution in [1.82, 2.24) is 0 Å². The van der Waals surface area contributed by atoms with E-state index in [4.69, 9.17) is 13.9 Å². The fourth-order valence-corrected chi connectivity index (χ4v) is 6.26. The van der Waals surface area contributed by atoms with Crippen LogP contribution in [-0.2, 0) is 18.7 Å². The lowest BCUT2D eigenvalue weighted by molar-refractivity contribution is -0.205. The molecule has 2 fully saturated rings. The van der Waals surface area contributed by atoms with E-state index >= 15 is 0 Å². The number of rotatable bonds is 6. The van der Waals surface area contributed by atoms with Gasteiger partial charge in [0.15, 0.2) is 15.3 Å². The van der Waals surface area contributed by atoms with Crippen molar-refractivity contribution in [2.75, 3.05) is 6.61 Å². The number of hydrogen-bond donors (Lipinski definition) is 0. The Kier molecular flexibility index (Phi) is 6.43. The van der Waals surface area contributed by atoms with Crippen LogP contribution in [0.25, 0.3) is 0 Å². The van der Waals surface area contributed by atoms with Gasteiger partial charge in [-0.25, -0.2) is 0 Å². The molecule has 4 nitrogen and oxygen atoms in total. The topological polar surface area (TPSA) is 44.8 Å². The molecule has 0 radical (unpaired) electrons. The Hall–Kier alpha value is -0.493. The van der Waals surface area contributed by atoms with E-state index in [0.717, 1.165) is 44.1 Å². The minimum Gasteiger partial charge on any atom is -0.417 e. The van der Waals surface area contributed by atoms with Gasteiger partial charge in [-0.15, -0.1) is 0 Å². The maximum atomic E-state index is 11.3. The summed E-state index contributed by atoms with van der Waals surface area (Å²) in [4.78, 5) is 11.3. The van der Waals surface area contributed by atoms with Crippen LogP contribution in [0.3, 0.4) is 0 Å². The smallest absolute Gasteiger partial charge is 0.171 e. The summed E-state index contributed by atoms with van der Waals surface area (Å²) in [5, 5.41) is 0. The summed E-state index contributed by atoms with van der Waals surface area (Å²) >= 11 is 0. The molecule has 0 aromatic rings. The van der Waals surface area contributed by atoms with E-state index in [2.05, 4.69) is 39.9 Å². The average molecular weight is 381 g/mol. The molecule has 1 saturated heterocycles. The van der Waals surface area contributed by atoms with Crippen molar-refractivity contribution < 1.29 is 18.7 Å². The number of aldehydes is 1. The zero-order valence-electron chi connectivity index (χ0n) is 17.1. The maximum Gasteiger partial charge on any atom is 0.171 e. The van der Waals surface area contributed by atoms with Gasteiger partial charge >= 0.3 is 0 Å². The van der Waals surface area contributed by atoms with Gasteiger partial charge in [0.1, 0.15) is 6.29 Å². The number of allylic oxidation sites excluding steroid dienone is 2. The lowest BCUT2D eigenvalue weighted by Gasteiger charge is -2.42. The van der Waals surface area contributed by atoms with E-state index < -0.39 is 9.04 Å². The van der Waals surface area contributed by atoms with E-state index in [1.54, 1.807) is 0 Å². The highest BCUT2D eigenvalue weighted by Crippen LogP contribution is 2.52. The molecule has 1 heterocycles. The van der Waals surface area contributed by atoms with Crippen LogP contribution in [0.5, 0.6) is 0 Å². The van der Waals surface area contributed by atoms with Gasteiger partial charge in [-0.1, -0.05) is 26.8 Å². The van der Waals surface area contributed by atoms with Gasteiger partial charge in [-0.3, -0.25) is 4.79 Å². The molecule has 6 atom stereocenters.